The Kier molecular flexibility index (Phi) is 1.43. The fourth-order valence-electron chi connectivity index (χ4n) is 0.883. The number of nitrogens with zero attached hydrogens (tertiary/aromatic N) is 3. The van der Waals surface area contributed by atoms with Crippen molar-refractivity contribution in [2.75, 3.05) is 0 Å². The molecule has 0 fully saturated rings. The van der Waals surface area contributed by atoms with E-state index in [1.807, 2.05) is 12.1 Å². The number of hydrogen-bond donors (Lipinski definition) is 0. The van der Waals surface area contributed by atoms with Gasteiger partial charge in [-0.1, -0.05) is 11.6 Å². The topological polar surface area (TPSA) is 38.7 Å². The van der Waals surface area contributed by atoms with Gasteiger partial charge in [-0.25, -0.2) is 0 Å². The highest BCUT2D eigenvalue weighted by atomic mass is 35.5. The molecule has 0 amide bonds. The second-order valence-electron chi connectivity index (χ2n) is 2.08. The average molecular weight is 166 g/mol. The molecule has 2 rings (SSSR count). The molecule has 11 heavy (non-hydrogen) atoms. The quantitative estimate of drug-likeness (QED) is 0.596. The van der Waals surface area contributed by atoms with E-state index in [1.54, 1.807) is 12.4 Å². The second kappa shape index (κ2) is 2.43. The lowest BCUT2D eigenvalue weighted by molar-refractivity contribution is 1.04. The van der Waals surface area contributed by atoms with E-state index >= 15 is 0 Å². The van der Waals surface area contributed by atoms with Gasteiger partial charge in [0.2, 0.25) is 0 Å². The molecule has 0 spiro atoms. The van der Waals surface area contributed by atoms with Crippen LogP contribution in [0.1, 0.15) is 0 Å². The number of hydrogen-bond acceptors (Lipinski definition) is 3. The first-order valence-electron chi connectivity index (χ1n) is 3.10. The van der Waals surface area contributed by atoms with E-state index < -0.39 is 0 Å². The molecule has 2 aromatic rings. The normalized spacial score (nSPS) is 10.3. The lowest BCUT2D eigenvalue weighted by Gasteiger charge is -1.94. The van der Waals surface area contributed by atoms with E-state index in [0.717, 1.165) is 5.39 Å². The van der Waals surface area contributed by atoms with Crippen molar-refractivity contribution < 1.29 is 0 Å². The van der Waals surface area contributed by atoms with Crippen molar-refractivity contribution in [2.24, 2.45) is 0 Å². The lowest BCUT2D eigenvalue weighted by atomic mass is 10.3. The largest absolute Gasteiger partial charge is 0.253 e. The molecule has 0 bridgehead atoms. The molecule has 4 heteroatoms. The number of rotatable bonds is 0. The molecule has 0 radical (unpaired) electrons. The van der Waals surface area contributed by atoms with E-state index in [4.69, 9.17) is 11.6 Å². The maximum Gasteiger partial charge on any atom is 0.177 e. The molecule has 2 heterocycles. The van der Waals surface area contributed by atoms with Gasteiger partial charge in [0.05, 0.1) is 6.20 Å². The summed E-state index contributed by atoms with van der Waals surface area (Å²) in [6.07, 6.45) is 3.31. The van der Waals surface area contributed by atoms with Crippen LogP contribution in [-0.2, 0) is 0 Å². The molecule has 0 aliphatic carbocycles. The van der Waals surface area contributed by atoms with E-state index in [-0.39, 0.29) is 0 Å². The van der Waals surface area contributed by atoms with Crippen LogP contribution in [0.5, 0.6) is 0 Å². The summed E-state index contributed by atoms with van der Waals surface area (Å²) in [5.41, 5.74) is 0.698. The fraction of sp³-hybridized carbons (Fsp3) is 0. The molecule has 0 saturated heterocycles. The van der Waals surface area contributed by atoms with Crippen molar-refractivity contribution in [2.45, 2.75) is 0 Å². The van der Waals surface area contributed by atoms with Crippen molar-refractivity contribution in [3.05, 3.63) is 29.7 Å². The van der Waals surface area contributed by atoms with E-state index in [9.17, 15) is 0 Å². The predicted molar refractivity (Wildman–Crippen MR) is 42.3 cm³/mol. The number of halogens is 1. The second-order valence-corrected chi connectivity index (χ2v) is 2.43. The molecule has 3 nitrogen and oxygen atoms in total. The Bertz CT molecular complexity index is 383. The maximum absolute atomic E-state index is 5.72. The third-order valence-electron chi connectivity index (χ3n) is 1.38. The highest BCUT2D eigenvalue weighted by Gasteiger charge is 1.98. The monoisotopic (exact) mass is 165 g/mol. The standard InChI is InChI=1S/C7H4ClN3/c8-7-6-5(4-10-11-7)2-1-3-9-6/h1-4H. The van der Waals surface area contributed by atoms with Crippen LogP contribution in [0.4, 0.5) is 0 Å². The van der Waals surface area contributed by atoms with Gasteiger partial charge in [0.25, 0.3) is 0 Å². The molecular weight excluding hydrogens is 162 g/mol. The molecule has 0 aliphatic heterocycles. The molecular formula is C7H4ClN3. The SMILES string of the molecule is Clc1nncc2cccnc12. The van der Waals surface area contributed by atoms with Gasteiger partial charge in [-0.05, 0) is 12.1 Å². The van der Waals surface area contributed by atoms with Crippen molar-refractivity contribution >= 4 is 22.5 Å². The Balaban J connectivity index is 2.91. The van der Waals surface area contributed by atoms with Crippen molar-refractivity contribution in [1.29, 1.82) is 0 Å². The van der Waals surface area contributed by atoms with Gasteiger partial charge in [-0.3, -0.25) is 4.98 Å². The Morgan fingerprint density at radius 2 is 2.27 bits per heavy atom. The van der Waals surface area contributed by atoms with Crippen molar-refractivity contribution in [1.82, 2.24) is 15.2 Å². The van der Waals surface area contributed by atoms with Gasteiger partial charge in [0, 0.05) is 11.6 Å². The molecule has 0 atom stereocenters. The zero-order chi connectivity index (χ0) is 7.68. The Morgan fingerprint density at radius 3 is 3.09 bits per heavy atom. The third kappa shape index (κ3) is 1.03. The first kappa shape index (κ1) is 6.49. The molecule has 0 saturated carbocycles. The van der Waals surface area contributed by atoms with Gasteiger partial charge in [0.1, 0.15) is 5.52 Å². The minimum absolute atomic E-state index is 0.350. The van der Waals surface area contributed by atoms with Crippen LogP contribution in [0.3, 0.4) is 0 Å². The van der Waals surface area contributed by atoms with Crippen LogP contribution in [0, 0.1) is 0 Å². The molecule has 0 N–H and O–H groups in total. The summed E-state index contributed by atoms with van der Waals surface area (Å²) >= 11 is 5.72. The fourth-order valence-corrected chi connectivity index (χ4v) is 1.08. The highest BCUT2D eigenvalue weighted by Crippen LogP contribution is 2.15. The van der Waals surface area contributed by atoms with Crippen LogP contribution in [0.15, 0.2) is 24.5 Å². The smallest absolute Gasteiger partial charge is 0.177 e. The summed E-state index contributed by atoms with van der Waals surface area (Å²) in [6.45, 7) is 0. The lowest BCUT2D eigenvalue weighted by Crippen LogP contribution is -1.85. The molecule has 0 aromatic carbocycles. The van der Waals surface area contributed by atoms with E-state index in [0.29, 0.717) is 10.7 Å². The van der Waals surface area contributed by atoms with Gasteiger partial charge >= 0.3 is 0 Å². The predicted octanol–water partition coefficient (Wildman–Crippen LogP) is 1.68. The Labute approximate surface area is 68.0 Å². The van der Waals surface area contributed by atoms with Crippen LogP contribution in [0.2, 0.25) is 5.15 Å². The third-order valence-corrected chi connectivity index (χ3v) is 1.63. The zero-order valence-corrected chi connectivity index (χ0v) is 6.28. The van der Waals surface area contributed by atoms with Crippen molar-refractivity contribution in [3.8, 4) is 0 Å². The van der Waals surface area contributed by atoms with Gasteiger partial charge < -0.3 is 0 Å². The molecule has 0 aliphatic rings. The highest BCUT2D eigenvalue weighted by molar-refractivity contribution is 6.33. The summed E-state index contributed by atoms with van der Waals surface area (Å²) in [5.74, 6) is 0. The summed E-state index contributed by atoms with van der Waals surface area (Å²) in [6, 6.07) is 3.73. The zero-order valence-electron chi connectivity index (χ0n) is 5.53. The van der Waals surface area contributed by atoms with Crippen molar-refractivity contribution in [3.63, 3.8) is 0 Å². The molecule has 54 valence electrons. The summed E-state index contributed by atoms with van der Waals surface area (Å²) < 4.78 is 0. The van der Waals surface area contributed by atoms with Crippen LogP contribution in [-0.4, -0.2) is 15.2 Å². The van der Waals surface area contributed by atoms with Gasteiger partial charge in [0.15, 0.2) is 5.15 Å². The minimum atomic E-state index is 0.350. The molecule has 2 aromatic heterocycles. The Hall–Kier alpha value is -1.22. The number of fused-ring (bicyclic) bond motifs is 1. The average Bonchev–Trinajstić information content (AvgIpc) is 2.06. The van der Waals surface area contributed by atoms with Gasteiger partial charge in [-0.15, -0.1) is 5.10 Å². The first-order valence-corrected chi connectivity index (χ1v) is 3.47. The molecule has 0 unspecified atom stereocenters. The Morgan fingerprint density at radius 1 is 1.36 bits per heavy atom. The summed E-state index contributed by atoms with van der Waals surface area (Å²) in [7, 11) is 0. The minimum Gasteiger partial charge on any atom is -0.253 e. The van der Waals surface area contributed by atoms with Crippen LogP contribution >= 0.6 is 11.6 Å². The summed E-state index contributed by atoms with van der Waals surface area (Å²) in [5, 5.41) is 8.61. The van der Waals surface area contributed by atoms with E-state index in [1.165, 1.54) is 0 Å². The van der Waals surface area contributed by atoms with Gasteiger partial charge in [-0.2, -0.15) is 5.10 Å². The first-order chi connectivity index (χ1) is 5.38. The maximum atomic E-state index is 5.72. The van der Waals surface area contributed by atoms with Crippen LogP contribution in [0.25, 0.3) is 10.9 Å². The van der Waals surface area contributed by atoms with Crippen LogP contribution < -0.4 is 0 Å². The summed E-state index contributed by atoms with van der Waals surface area (Å²) in [4.78, 5) is 4.05. The number of aromatic nitrogens is 3. The van der Waals surface area contributed by atoms with E-state index in [2.05, 4.69) is 15.2 Å². The number of pyridine rings is 1.